The van der Waals surface area contributed by atoms with Crippen molar-refractivity contribution in [1.29, 1.82) is 0 Å². The zero-order valence-electron chi connectivity index (χ0n) is 11.1. The number of rotatable bonds is 6. The lowest BCUT2D eigenvalue weighted by atomic mass is 10.0. The first-order valence-electron chi connectivity index (χ1n) is 5.83. The molecular formula is C10H19N3O5S. The summed E-state index contributed by atoms with van der Waals surface area (Å²) in [6.45, 7) is 3.01. The Bertz CT molecular complexity index is 431. The van der Waals surface area contributed by atoms with Crippen LogP contribution in [0.2, 0.25) is 0 Å². The second-order valence-corrected chi connectivity index (χ2v) is 6.37. The first kappa shape index (κ1) is 15.7. The van der Waals surface area contributed by atoms with Crippen molar-refractivity contribution in [3.05, 3.63) is 0 Å². The van der Waals surface area contributed by atoms with Gasteiger partial charge in [-0.05, 0) is 13.8 Å². The van der Waals surface area contributed by atoms with Gasteiger partial charge in [0.15, 0.2) is 10.7 Å². The predicted molar refractivity (Wildman–Crippen MR) is 68.1 cm³/mol. The number of β-lactam (4-membered cyclic amide) rings is 1. The average molecular weight is 293 g/mol. The highest BCUT2D eigenvalue weighted by atomic mass is 32.2. The van der Waals surface area contributed by atoms with Crippen LogP contribution in [0.25, 0.3) is 0 Å². The molecule has 0 aromatic carbocycles. The maximum Gasteiger partial charge on any atom is 0.421 e. The SMILES string of the molecule is CNNC(=O)OC[C@@](C)(CN1C(=O)C[C@H]1C)[SH](=O)=O. The molecule has 0 bridgehead atoms. The van der Waals surface area contributed by atoms with Gasteiger partial charge in [0.25, 0.3) is 0 Å². The Morgan fingerprint density at radius 2 is 2.21 bits per heavy atom. The van der Waals surface area contributed by atoms with Crippen LogP contribution in [0.5, 0.6) is 0 Å². The van der Waals surface area contributed by atoms with Crippen molar-refractivity contribution < 1.29 is 22.7 Å². The summed E-state index contributed by atoms with van der Waals surface area (Å²) in [5.41, 5.74) is 4.54. The maximum atomic E-state index is 11.4. The summed E-state index contributed by atoms with van der Waals surface area (Å²) in [7, 11) is -1.37. The first-order valence-corrected chi connectivity index (χ1v) is 7.01. The Morgan fingerprint density at radius 3 is 2.63 bits per heavy atom. The lowest BCUT2D eigenvalue weighted by Gasteiger charge is -2.42. The molecule has 1 saturated heterocycles. The smallest absolute Gasteiger partial charge is 0.421 e. The molecule has 0 aromatic heterocycles. The average Bonchev–Trinajstić information content (AvgIpc) is 2.34. The molecule has 2 N–H and O–H groups in total. The molecule has 110 valence electrons. The molecule has 0 aliphatic carbocycles. The van der Waals surface area contributed by atoms with Crippen LogP contribution in [0, 0.1) is 0 Å². The molecule has 9 heteroatoms. The second kappa shape index (κ2) is 6.20. The third-order valence-electron chi connectivity index (χ3n) is 3.02. The number of carbonyl (C=O) groups is 2. The van der Waals surface area contributed by atoms with E-state index in [0.29, 0.717) is 6.42 Å². The number of amides is 2. The van der Waals surface area contributed by atoms with Gasteiger partial charge < -0.3 is 9.64 Å². The van der Waals surface area contributed by atoms with Gasteiger partial charge in [-0.25, -0.2) is 18.6 Å². The molecule has 2 amide bonds. The summed E-state index contributed by atoms with van der Waals surface area (Å²) in [6, 6.07) is 0.0212. The van der Waals surface area contributed by atoms with E-state index in [0.717, 1.165) is 0 Å². The molecule has 2 atom stereocenters. The van der Waals surface area contributed by atoms with Gasteiger partial charge in [0.05, 0.1) is 0 Å². The Morgan fingerprint density at radius 1 is 1.58 bits per heavy atom. The minimum atomic E-state index is -2.85. The van der Waals surface area contributed by atoms with Gasteiger partial charge >= 0.3 is 6.09 Å². The molecule has 1 fully saturated rings. The van der Waals surface area contributed by atoms with Gasteiger partial charge in [0, 0.05) is 26.1 Å². The molecule has 1 heterocycles. The molecule has 0 spiro atoms. The number of hydrazine groups is 1. The van der Waals surface area contributed by atoms with Crippen molar-refractivity contribution >= 4 is 22.7 Å². The van der Waals surface area contributed by atoms with Crippen LogP contribution < -0.4 is 10.9 Å². The molecule has 1 rings (SSSR count). The summed E-state index contributed by atoms with van der Waals surface area (Å²) in [4.78, 5) is 24.0. The molecule has 19 heavy (non-hydrogen) atoms. The Kier molecular flexibility index (Phi) is 5.12. The summed E-state index contributed by atoms with van der Waals surface area (Å²) in [6.07, 6.45) is -0.346. The van der Waals surface area contributed by atoms with Gasteiger partial charge in [-0.1, -0.05) is 0 Å². The zero-order chi connectivity index (χ0) is 14.6. The predicted octanol–water partition coefficient (Wildman–Crippen LogP) is -1.16. The van der Waals surface area contributed by atoms with E-state index in [1.807, 2.05) is 6.92 Å². The van der Waals surface area contributed by atoms with Crippen molar-refractivity contribution in [2.45, 2.75) is 31.1 Å². The third kappa shape index (κ3) is 3.80. The van der Waals surface area contributed by atoms with E-state index >= 15 is 0 Å². The Hall–Kier alpha value is -1.35. The number of nitrogens with zero attached hydrogens (tertiary/aromatic N) is 1. The van der Waals surface area contributed by atoms with Crippen molar-refractivity contribution in [2.24, 2.45) is 0 Å². The van der Waals surface area contributed by atoms with Crippen molar-refractivity contribution in [3.63, 3.8) is 0 Å². The van der Waals surface area contributed by atoms with Gasteiger partial charge in [0.2, 0.25) is 5.91 Å². The number of ether oxygens (including phenoxy) is 1. The van der Waals surface area contributed by atoms with Crippen LogP contribution in [0.4, 0.5) is 4.79 Å². The van der Waals surface area contributed by atoms with Gasteiger partial charge in [-0.15, -0.1) is 0 Å². The summed E-state index contributed by atoms with van der Waals surface area (Å²) in [5, 5.41) is 0. The largest absolute Gasteiger partial charge is 0.447 e. The lowest BCUT2D eigenvalue weighted by Crippen LogP contribution is -2.58. The van der Waals surface area contributed by atoms with Crippen LogP contribution in [0.1, 0.15) is 20.3 Å². The maximum absolute atomic E-state index is 11.4. The minimum absolute atomic E-state index is 0.0212. The van der Waals surface area contributed by atoms with Crippen LogP contribution in [0.3, 0.4) is 0 Å². The highest BCUT2D eigenvalue weighted by Crippen LogP contribution is 2.23. The number of hydrogen-bond donors (Lipinski definition) is 3. The highest BCUT2D eigenvalue weighted by Gasteiger charge is 2.40. The lowest BCUT2D eigenvalue weighted by molar-refractivity contribution is -0.145. The summed E-state index contributed by atoms with van der Waals surface area (Å²) < 4.78 is 26.2. The minimum Gasteiger partial charge on any atom is -0.447 e. The number of thiol groups is 1. The van der Waals surface area contributed by atoms with Gasteiger partial charge in [-0.3, -0.25) is 10.2 Å². The Labute approximate surface area is 113 Å². The van der Waals surface area contributed by atoms with E-state index in [9.17, 15) is 18.0 Å². The topological polar surface area (TPSA) is 105 Å². The fourth-order valence-corrected chi connectivity index (χ4v) is 2.18. The van der Waals surface area contributed by atoms with E-state index in [-0.39, 0.29) is 25.1 Å². The van der Waals surface area contributed by atoms with Crippen LogP contribution in [-0.2, 0) is 20.2 Å². The highest BCUT2D eigenvalue weighted by molar-refractivity contribution is 7.74. The van der Waals surface area contributed by atoms with Crippen molar-refractivity contribution in [3.8, 4) is 0 Å². The second-order valence-electron chi connectivity index (χ2n) is 4.78. The molecule has 0 saturated carbocycles. The third-order valence-corrected chi connectivity index (χ3v) is 4.17. The molecule has 0 radical (unpaired) electrons. The number of carbonyl (C=O) groups excluding carboxylic acids is 2. The van der Waals surface area contributed by atoms with E-state index in [4.69, 9.17) is 4.74 Å². The fourth-order valence-electron chi connectivity index (χ4n) is 1.74. The van der Waals surface area contributed by atoms with E-state index < -0.39 is 21.5 Å². The zero-order valence-corrected chi connectivity index (χ0v) is 12.0. The molecule has 1 aliphatic rings. The quantitative estimate of drug-likeness (QED) is 0.324. The molecule has 0 aromatic rings. The van der Waals surface area contributed by atoms with E-state index in [2.05, 4.69) is 10.9 Å². The molecule has 1 aliphatic heterocycles. The van der Waals surface area contributed by atoms with E-state index in [1.54, 1.807) is 0 Å². The molecule has 0 unspecified atom stereocenters. The van der Waals surface area contributed by atoms with Gasteiger partial charge in [0.1, 0.15) is 11.4 Å². The molecule has 8 nitrogen and oxygen atoms in total. The number of nitrogens with one attached hydrogen (secondary N) is 2. The monoisotopic (exact) mass is 293 g/mol. The summed E-state index contributed by atoms with van der Waals surface area (Å²) >= 11 is 0. The van der Waals surface area contributed by atoms with Crippen molar-refractivity contribution in [2.75, 3.05) is 20.2 Å². The normalized spacial score (nSPS) is 21.8. The standard InChI is InChI=1S/C10H19N3O5S/c1-7-4-8(14)13(7)5-10(2,19(16)17)6-18-9(15)12-11-3/h7,11,19H,4-6H2,1-3H3,(H,12,15)/t7-,10-/m1/s1. The van der Waals surface area contributed by atoms with Crippen molar-refractivity contribution in [1.82, 2.24) is 15.8 Å². The first-order chi connectivity index (χ1) is 8.80. The van der Waals surface area contributed by atoms with Gasteiger partial charge in [-0.2, -0.15) is 0 Å². The summed E-state index contributed by atoms with van der Waals surface area (Å²) in [5.74, 6) is -0.0877. The number of likely N-dealkylation sites (tertiary alicyclic amines) is 1. The Balaban J connectivity index is 2.64. The van der Waals surface area contributed by atoms with E-state index in [1.165, 1.54) is 18.9 Å². The van der Waals surface area contributed by atoms with Crippen LogP contribution >= 0.6 is 0 Å². The molecular weight excluding hydrogens is 274 g/mol. The fraction of sp³-hybridized carbons (Fsp3) is 0.800. The van der Waals surface area contributed by atoms with Crippen LogP contribution in [0.15, 0.2) is 0 Å². The number of hydrogen-bond acceptors (Lipinski definition) is 6. The van der Waals surface area contributed by atoms with Crippen LogP contribution in [-0.4, -0.2) is 56.3 Å².